The van der Waals surface area contributed by atoms with E-state index in [1.807, 2.05) is 36.5 Å². The molecule has 1 aliphatic rings. The monoisotopic (exact) mass is 339 g/mol. The molecular weight excluding hydrogens is 325 g/mol. The topological polar surface area (TPSA) is 22.0 Å². The van der Waals surface area contributed by atoms with E-state index in [0.717, 1.165) is 29.5 Å². The summed E-state index contributed by atoms with van der Waals surface area (Å²) in [5, 5.41) is 0.668. The molecule has 0 atom stereocenters. The quantitative estimate of drug-likeness (QED) is 0.633. The Bertz CT molecular complexity index is 892. The number of carbonyl (C=O) groups excluding carboxylic acids is 1. The Morgan fingerprint density at radius 1 is 0.958 bits per heavy atom. The van der Waals surface area contributed by atoms with E-state index in [0.29, 0.717) is 5.02 Å². The lowest BCUT2D eigenvalue weighted by atomic mass is 9.95. The van der Waals surface area contributed by atoms with Crippen LogP contribution in [-0.4, -0.2) is 10.5 Å². The van der Waals surface area contributed by atoms with Gasteiger partial charge in [-0.1, -0.05) is 35.9 Å². The van der Waals surface area contributed by atoms with Gasteiger partial charge in [-0.25, -0.2) is 4.39 Å². The molecule has 0 N–H and O–H groups in total. The highest BCUT2D eigenvalue weighted by Gasteiger charge is 2.51. The highest BCUT2D eigenvalue weighted by Crippen LogP contribution is 2.49. The number of hydrogen-bond donors (Lipinski definition) is 0. The summed E-state index contributed by atoms with van der Waals surface area (Å²) >= 11 is 5.94. The first-order valence-corrected chi connectivity index (χ1v) is 8.21. The Morgan fingerprint density at radius 3 is 2.25 bits per heavy atom. The molecule has 1 saturated carbocycles. The Morgan fingerprint density at radius 2 is 1.62 bits per heavy atom. The summed E-state index contributed by atoms with van der Waals surface area (Å²) in [5.74, 6) is -0.202. The number of hydrogen-bond acceptors (Lipinski definition) is 1. The summed E-state index contributed by atoms with van der Waals surface area (Å²) in [6, 6.07) is 15.7. The van der Waals surface area contributed by atoms with Crippen LogP contribution >= 0.6 is 11.6 Å². The average Bonchev–Trinajstić information content (AvgIpc) is 3.25. The molecule has 4 rings (SSSR count). The second-order valence-corrected chi connectivity index (χ2v) is 6.64. The summed E-state index contributed by atoms with van der Waals surface area (Å²) in [7, 11) is 0. The van der Waals surface area contributed by atoms with Gasteiger partial charge in [0.15, 0.2) is 0 Å². The van der Waals surface area contributed by atoms with Crippen molar-refractivity contribution in [3.63, 3.8) is 0 Å². The van der Waals surface area contributed by atoms with Crippen LogP contribution in [0.4, 0.5) is 4.39 Å². The number of rotatable bonds is 3. The third-order valence-corrected chi connectivity index (χ3v) is 4.91. The van der Waals surface area contributed by atoms with Crippen LogP contribution in [0.25, 0.3) is 11.1 Å². The van der Waals surface area contributed by atoms with E-state index in [2.05, 4.69) is 0 Å². The molecule has 120 valence electrons. The molecule has 1 aromatic heterocycles. The van der Waals surface area contributed by atoms with Gasteiger partial charge in [0.05, 0.1) is 5.41 Å². The molecule has 2 nitrogen and oxygen atoms in total. The van der Waals surface area contributed by atoms with E-state index in [1.165, 1.54) is 12.1 Å². The Kier molecular flexibility index (Phi) is 3.54. The molecule has 0 spiro atoms. The fraction of sp³-hybridized carbons (Fsp3) is 0.150. The summed E-state index contributed by atoms with van der Waals surface area (Å²) in [6.07, 6.45) is 5.28. The second-order valence-electron chi connectivity index (χ2n) is 6.21. The summed E-state index contributed by atoms with van der Waals surface area (Å²) in [4.78, 5) is 13.0. The molecule has 24 heavy (non-hydrogen) atoms. The first-order chi connectivity index (χ1) is 11.6. The minimum Gasteiger partial charge on any atom is -0.293 e. The van der Waals surface area contributed by atoms with Gasteiger partial charge in [0.25, 0.3) is 0 Å². The van der Waals surface area contributed by atoms with Gasteiger partial charge in [-0.05, 0) is 59.9 Å². The number of aromatic nitrogens is 1. The van der Waals surface area contributed by atoms with Gasteiger partial charge >= 0.3 is 0 Å². The molecule has 4 heteroatoms. The lowest BCUT2D eigenvalue weighted by molar-refractivity contribution is 0.0863. The molecule has 3 aromatic rings. The molecular formula is C20H15ClFNO. The minimum atomic E-state index is -0.441. The van der Waals surface area contributed by atoms with Crippen LogP contribution in [0.1, 0.15) is 23.2 Å². The molecule has 0 bridgehead atoms. The smallest absolute Gasteiger partial charge is 0.241 e. The van der Waals surface area contributed by atoms with Crippen LogP contribution < -0.4 is 0 Å². The van der Waals surface area contributed by atoms with Crippen molar-refractivity contribution in [3.05, 3.63) is 83.4 Å². The summed E-state index contributed by atoms with van der Waals surface area (Å²) < 4.78 is 14.7. The molecule has 1 aliphatic carbocycles. The number of carbonyl (C=O) groups is 1. The van der Waals surface area contributed by atoms with Crippen molar-refractivity contribution in [3.8, 4) is 11.1 Å². The zero-order valence-corrected chi connectivity index (χ0v) is 13.6. The van der Waals surface area contributed by atoms with Crippen LogP contribution in [-0.2, 0) is 5.41 Å². The van der Waals surface area contributed by atoms with E-state index in [-0.39, 0.29) is 11.7 Å². The van der Waals surface area contributed by atoms with Crippen LogP contribution in [0.15, 0.2) is 67.0 Å². The lowest BCUT2D eigenvalue weighted by Gasteiger charge is -2.15. The van der Waals surface area contributed by atoms with E-state index >= 15 is 0 Å². The number of nitrogens with zero attached hydrogens (tertiary/aromatic N) is 1. The fourth-order valence-electron chi connectivity index (χ4n) is 3.10. The highest BCUT2D eigenvalue weighted by molar-refractivity contribution is 6.30. The van der Waals surface area contributed by atoms with Crippen molar-refractivity contribution in [2.75, 3.05) is 0 Å². The normalized spacial score (nSPS) is 15.2. The van der Waals surface area contributed by atoms with Crippen LogP contribution in [0.5, 0.6) is 0 Å². The first-order valence-electron chi connectivity index (χ1n) is 7.83. The van der Waals surface area contributed by atoms with E-state index in [4.69, 9.17) is 11.6 Å². The van der Waals surface area contributed by atoms with Crippen molar-refractivity contribution in [1.29, 1.82) is 0 Å². The zero-order chi connectivity index (χ0) is 16.7. The van der Waals surface area contributed by atoms with Gasteiger partial charge in [-0.3, -0.25) is 9.36 Å². The first kappa shape index (κ1) is 15.2. The van der Waals surface area contributed by atoms with Crippen LogP contribution in [0.2, 0.25) is 5.02 Å². The maximum absolute atomic E-state index is 13.0. The van der Waals surface area contributed by atoms with Gasteiger partial charge < -0.3 is 0 Å². The van der Waals surface area contributed by atoms with Crippen molar-refractivity contribution in [2.24, 2.45) is 0 Å². The minimum absolute atomic E-state index is 0.0678. The average molecular weight is 340 g/mol. The van der Waals surface area contributed by atoms with E-state index in [1.54, 1.807) is 22.9 Å². The van der Waals surface area contributed by atoms with E-state index < -0.39 is 5.41 Å². The third kappa shape index (κ3) is 2.55. The zero-order valence-electron chi connectivity index (χ0n) is 12.9. The van der Waals surface area contributed by atoms with Gasteiger partial charge in [0.1, 0.15) is 5.82 Å². The standard InChI is InChI=1S/C20H15ClFNO/c21-17-5-3-16(4-6-17)20(10-11-20)19(24)23-12-9-15(13-23)14-1-7-18(22)8-2-14/h1-9,12-13H,10-11H2. The number of benzene rings is 2. The molecule has 0 unspecified atom stereocenters. The third-order valence-electron chi connectivity index (χ3n) is 4.66. The Hall–Kier alpha value is -2.39. The SMILES string of the molecule is O=C(n1ccc(-c2ccc(F)cc2)c1)C1(c2ccc(Cl)cc2)CC1. The predicted molar refractivity (Wildman–Crippen MR) is 92.8 cm³/mol. The Labute approximate surface area is 144 Å². The molecule has 0 radical (unpaired) electrons. The second kappa shape index (κ2) is 5.60. The highest BCUT2D eigenvalue weighted by atomic mass is 35.5. The van der Waals surface area contributed by atoms with Crippen LogP contribution in [0, 0.1) is 5.82 Å². The summed E-state index contributed by atoms with van der Waals surface area (Å²) in [6.45, 7) is 0. The molecule has 1 heterocycles. The van der Waals surface area contributed by atoms with Gasteiger partial charge in [0.2, 0.25) is 5.91 Å². The van der Waals surface area contributed by atoms with Crippen molar-refractivity contribution in [1.82, 2.24) is 4.57 Å². The van der Waals surface area contributed by atoms with Crippen molar-refractivity contribution in [2.45, 2.75) is 18.3 Å². The van der Waals surface area contributed by atoms with Crippen LogP contribution in [0.3, 0.4) is 0 Å². The fourth-order valence-corrected chi connectivity index (χ4v) is 3.23. The van der Waals surface area contributed by atoms with Gasteiger partial charge in [-0.15, -0.1) is 0 Å². The predicted octanol–water partition coefficient (Wildman–Crippen LogP) is 5.32. The molecule has 2 aromatic carbocycles. The molecule has 1 fully saturated rings. The van der Waals surface area contributed by atoms with Crippen molar-refractivity contribution < 1.29 is 9.18 Å². The lowest BCUT2D eigenvalue weighted by Crippen LogP contribution is -2.25. The largest absolute Gasteiger partial charge is 0.293 e. The van der Waals surface area contributed by atoms with Gasteiger partial charge in [-0.2, -0.15) is 0 Å². The number of halogens is 2. The molecule has 0 saturated heterocycles. The summed E-state index contributed by atoms with van der Waals surface area (Å²) in [5.41, 5.74) is 2.35. The Balaban J connectivity index is 1.63. The van der Waals surface area contributed by atoms with Gasteiger partial charge in [0, 0.05) is 17.4 Å². The van der Waals surface area contributed by atoms with E-state index in [9.17, 15) is 9.18 Å². The van der Waals surface area contributed by atoms with Crippen molar-refractivity contribution >= 4 is 17.5 Å². The maximum atomic E-state index is 13.0. The maximum Gasteiger partial charge on any atom is 0.241 e. The molecule has 0 amide bonds. The molecule has 0 aliphatic heterocycles.